The number of hydrogen-bond acceptors (Lipinski definition) is 4. The van der Waals surface area contributed by atoms with Crippen LogP contribution in [0.1, 0.15) is 44.1 Å². The number of Topliss-reactive ketones (excluding diaryl/α,β-unsaturated/α-hetero) is 1. The lowest BCUT2D eigenvalue weighted by molar-refractivity contribution is -0.155. The van der Waals surface area contributed by atoms with Crippen molar-refractivity contribution >= 4 is 17.8 Å². The zero-order chi connectivity index (χ0) is 18.1. The highest BCUT2D eigenvalue weighted by Crippen LogP contribution is 2.60. The van der Waals surface area contributed by atoms with Crippen LogP contribution in [-0.2, 0) is 14.3 Å². The van der Waals surface area contributed by atoms with E-state index in [1.807, 2.05) is 24.3 Å². The van der Waals surface area contributed by atoms with E-state index in [-0.39, 0.29) is 17.8 Å². The summed E-state index contributed by atoms with van der Waals surface area (Å²) in [7, 11) is 1.61. The van der Waals surface area contributed by atoms with Gasteiger partial charge in [0.1, 0.15) is 5.75 Å². The molecule has 26 heavy (non-hydrogen) atoms. The molecular formula is C22H26O4. The molecule has 0 aliphatic heterocycles. The van der Waals surface area contributed by atoms with Gasteiger partial charge in [0.2, 0.25) is 0 Å². The van der Waals surface area contributed by atoms with Gasteiger partial charge in [0.25, 0.3) is 0 Å². The Morgan fingerprint density at radius 3 is 2.15 bits per heavy atom. The summed E-state index contributed by atoms with van der Waals surface area (Å²) < 4.78 is 10.4. The summed E-state index contributed by atoms with van der Waals surface area (Å²) in [6.07, 6.45) is 10.0. The zero-order valence-electron chi connectivity index (χ0n) is 15.3. The third kappa shape index (κ3) is 3.42. The van der Waals surface area contributed by atoms with Crippen LogP contribution >= 0.6 is 0 Å². The number of ketones is 1. The van der Waals surface area contributed by atoms with Crippen LogP contribution in [0.15, 0.2) is 30.3 Å². The number of ether oxygens (including phenoxy) is 2. The molecule has 4 saturated carbocycles. The van der Waals surface area contributed by atoms with Crippen LogP contribution in [0, 0.1) is 23.2 Å². The van der Waals surface area contributed by atoms with E-state index < -0.39 is 5.97 Å². The maximum absolute atomic E-state index is 12.8. The Hall–Kier alpha value is -2.10. The lowest BCUT2D eigenvalue weighted by Gasteiger charge is -2.55. The van der Waals surface area contributed by atoms with Crippen molar-refractivity contribution in [2.45, 2.75) is 38.5 Å². The van der Waals surface area contributed by atoms with Crippen LogP contribution in [0.2, 0.25) is 0 Å². The molecule has 4 bridgehead atoms. The Labute approximate surface area is 154 Å². The Morgan fingerprint density at radius 2 is 1.62 bits per heavy atom. The van der Waals surface area contributed by atoms with E-state index in [4.69, 9.17) is 9.47 Å². The van der Waals surface area contributed by atoms with Crippen LogP contribution < -0.4 is 4.74 Å². The van der Waals surface area contributed by atoms with Gasteiger partial charge in [-0.25, -0.2) is 4.79 Å². The first-order chi connectivity index (χ1) is 12.6. The van der Waals surface area contributed by atoms with Crippen molar-refractivity contribution in [2.75, 3.05) is 13.7 Å². The van der Waals surface area contributed by atoms with Crippen LogP contribution in [0.5, 0.6) is 5.75 Å². The molecule has 4 fully saturated rings. The molecule has 4 nitrogen and oxygen atoms in total. The van der Waals surface area contributed by atoms with Crippen molar-refractivity contribution in [3.05, 3.63) is 35.9 Å². The summed E-state index contributed by atoms with van der Waals surface area (Å²) in [5.41, 5.74) is 0.685. The van der Waals surface area contributed by atoms with E-state index in [2.05, 4.69) is 0 Å². The van der Waals surface area contributed by atoms with Crippen molar-refractivity contribution in [2.24, 2.45) is 23.2 Å². The van der Waals surface area contributed by atoms with Crippen molar-refractivity contribution < 1.29 is 19.1 Å². The van der Waals surface area contributed by atoms with Gasteiger partial charge < -0.3 is 9.47 Å². The van der Waals surface area contributed by atoms with Crippen LogP contribution in [0.4, 0.5) is 0 Å². The maximum Gasteiger partial charge on any atom is 0.331 e. The molecule has 0 unspecified atom stereocenters. The highest BCUT2D eigenvalue weighted by Gasteiger charge is 2.54. The first-order valence-corrected chi connectivity index (χ1v) is 9.58. The molecule has 0 spiro atoms. The molecule has 0 amide bonds. The van der Waals surface area contributed by atoms with E-state index >= 15 is 0 Å². The molecule has 0 aromatic heterocycles. The van der Waals surface area contributed by atoms with Gasteiger partial charge in [0.05, 0.1) is 7.11 Å². The number of esters is 1. The van der Waals surface area contributed by atoms with E-state index in [1.165, 1.54) is 25.3 Å². The maximum atomic E-state index is 12.8. The molecule has 138 valence electrons. The normalized spacial score (nSPS) is 32.0. The molecular weight excluding hydrogens is 328 g/mol. The average molecular weight is 354 g/mol. The number of carbonyl (C=O) groups is 2. The summed E-state index contributed by atoms with van der Waals surface area (Å²) in [6.45, 7) is -0.0854. The summed E-state index contributed by atoms with van der Waals surface area (Å²) in [4.78, 5) is 24.8. The minimum Gasteiger partial charge on any atom is -0.497 e. The Balaban J connectivity index is 1.31. The molecule has 4 heteroatoms. The van der Waals surface area contributed by atoms with Crippen molar-refractivity contribution in [1.29, 1.82) is 0 Å². The first kappa shape index (κ1) is 17.3. The van der Waals surface area contributed by atoms with Gasteiger partial charge >= 0.3 is 5.97 Å². The summed E-state index contributed by atoms with van der Waals surface area (Å²) in [6, 6.07) is 7.40. The topological polar surface area (TPSA) is 52.6 Å². The van der Waals surface area contributed by atoms with Gasteiger partial charge in [0, 0.05) is 11.5 Å². The summed E-state index contributed by atoms with van der Waals surface area (Å²) in [5.74, 6) is 2.61. The Morgan fingerprint density at radius 1 is 1.04 bits per heavy atom. The predicted molar refractivity (Wildman–Crippen MR) is 98.6 cm³/mol. The quantitative estimate of drug-likeness (QED) is 0.571. The fourth-order valence-corrected chi connectivity index (χ4v) is 5.67. The second-order valence-electron chi connectivity index (χ2n) is 8.34. The van der Waals surface area contributed by atoms with Gasteiger partial charge in [-0.1, -0.05) is 12.1 Å². The highest BCUT2D eigenvalue weighted by atomic mass is 16.5. The average Bonchev–Trinajstić information content (AvgIpc) is 2.63. The molecule has 0 radical (unpaired) electrons. The third-order valence-electron chi connectivity index (χ3n) is 6.50. The monoisotopic (exact) mass is 354 g/mol. The van der Waals surface area contributed by atoms with Crippen molar-refractivity contribution in [1.82, 2.24) is 0 Å². The first-order valence-electron chi connectivity index (χ1n) is 9.58. The lowest BCUT2D eigenvalue weighted by atomic mass is 9.48. The SMILES string of the molecule is COc1ccc(/C=C/C(=O)OCC(=O)C23CC4CC(CC(C4)C2)C3)cc1. The highest BCUT2D eigenvalue weighted by molar-refractivity contribution is 5.91. The molecule has 0 N–H and O–H groups in total. The lowest BCUT2D eigenvalue weighted by Crippen LogP contribution is -2.51. The van der Waals surface area contributed by atoms with Gasteiger partial charge in [-0.05, 0) is 80.1 Å². The van der Waals surface area contributed by atoms with Gasteiger partial charge in [-0.3, -0.25) is 4.79 Å². The molecule has 4 aliphatic carbocycles. The molecule has 0 heterocycles. The fraction of sp³-hybridized carbons (Fsp3) is 0.545. The summed E-state index contributed by atoms with van der Waals surface area (Å²) >= 11 is 0. The molecule has 0 atom stereocenters. The standard InChI is InChI=1S/C22H26O4/c1-25-19-5-2-15(3-6-19)4-7-21(24)26-14-20(23)22-11-16-8-17(12-22)10-18(9-16)13-22/h2-7,16-18H,8-14H2,1H3/b7-4+. The number of carbonyl (C=O) groups excluding carboxylic acids is 2. The van der Waals surface area contributed by atoms with Crippen LogP contribution in [0.25, 0.3) is 6.08 Å². The smallest absolute Gasteiger partial charge is 0.331 e. The van der Waals surface area contributed by atoms with E-state index in [0.717, 1.165) is 48.3 Å². The number of hydrogen-bond donors (Lipinski definition) is 0. The second kappa shape index (κ2) is 6.90. The molecule has 5 rings (SSSR count). The predicted octanol–water partition coefficient (Wildman–Crippen LogP) is 4.04. The van der Waals surface area contributed by atoms with E-state index in [1.54, 1.807) is 13.2 Å². The van der Waals surface area contributed by atoms with E-state index in [0.29, 0.717) is 0 Å². The van der Waals surface area contributed by atoms with Crippen LogP contribution in [-0.4, -0.2) is 25.5 Å². The molecule has 1 aromatic rings. The zero-order valence-corrected chi connectivity index (χ0v) is 15.3. The minimum atomic E-state index is -0.459. The Bertz CT molecular complexity index is 681. The van der Waals surface area contributed by atoms with Crippen molar-refractivity contribution in [3.63, 3.8) is 0 Å². The minimum absolute atomic E-state index is 0.0854. The summed E-state index contributed by atoms with van der Waals surface area (Å²) in [5, 5.41) is 0. The van der Waals surface area contributed by atoms with Gasteiger partial charge in [-0.15, -0.1) is 0 Å². The fourth-order valence-electron chi connectivity index (χ4n) is 5.67. The molecule has 4 aliphatic rings. The van der Waals surface area contributed by atoms with Crippen LogP contribution in [0.3, 0.4) is 0 Å². The van der Waals surface area contributed by atoms with Gasteiger partial charge in [-0.2, -0.15) is 0 Å². The number of rotatable bonds is 6. The van der Waals surface area contributed by atoms with E-state index in [9.17, 15) is 9.59 Å². The van der Waals surface area contributed by atoms with Gasteiger partial charge in [0.15, 0.2) is 12.4 Å². The second-order valence-corrected chi connectivity index (χ2v) is 8.34. The number of methoxy groups -OCH3 is 1. The van der Waals surface area contributed by atoms with Crippen molar-refractivity contribution in [3.8, 4) is 5.75 Å². The Kier molecular flexibility index (Phi) is 4.60. The molecule has 1 aromatic carbocycles. The molecule has 0 saturated heterocycles. The largest absolute Gasteiger partial charge is 0.497 e. The number of benzene rings is 1. The third-order valence-corrected chi connectivity index (χ3v) is 6.50.